The highest BCUT2D eigenvalue weighted by atomic mass is 32.2. The molecule has 0 atom stereocenters. The standard InChI is InChI=1S/C15H20N4O3S.C5H10O2/c1-23(20,21)15-4-2-14(3-5-15)22-11-12-10-19(18-17-12)13-6-8-16-9-7-13;1-5(2,3)7-4-6/h2-5,10,13,16H,6-9,11H2,1H3;4H,1-3H3. The Bertz CT molecular complexity index is 898. The van der Waals surface area contributed by atoms with E-state index in [1.54, 1.807) is 12.1 Å². The zero-order chi connectivity index (χ0) is 22.2. The SMILES string of the molecule is CC(C)(C)OC=O.CS(=O)(=O)c1ccc(OCc2cn(C3CCNCC3)nn2)cc1. The number of nitrogens with zero attached hydrogens (tertiary/aromatic N) is 3. The van der Waals surface area contributed by atoms with Gasteiger partial charge in [-0.3, -0.25) is 4.79 Å². The lowest BCUT2D eigenvalue weighted by Crippen LogP contribution is -2.29. The van der Waals surface area contributed by atoms with E-state index in [2.05, 4.69) is 20.4 Å². The summed E-state index contributed by atoms with van der Waals surface area (Å²) in [6.07, 6.45) is 5.20. The van der Waals surface area contributed by atoms with Crippen LogP contribution in [0.1, 0.15) is 45.3 Å². The van der Waals surface area contributed by atoms with Crippen LogP contribution in [0.2, 0.25) is 0 Å². The second-order valence-corrected chi connectivity index (χ2v) is 10.0. The van der Waals surface area contributed by atoms with Gasteiger partial charge in [0.2, 0.25) is 0 Å². The molecule has 2 heterocycles. The first kappa shape index (κ1) is 23.8. The van der Waals surface area contributed by atoms with Crippen LogP contribution < -0.4 is 10.1 Å². The lowest BCUT2D eigenvalue weighted by molar-refractivity contribution is -0.138. The summed E-state index contributed by atoms with van der Waals surface area (Å²) < 4.78 is 34.9. The second-order valence-electron chi connectivity index (χ2n) is 8.03. The summed E-state index contributed by atoms with van der Waals surface area (Å²) in [4.78, 5) is 9.88. The summed E-state index contributed by atoms with van der Waals surface area (Å²) in [5.74, 6) is 0.605. The molecule has 0 bridgehead atoms. The molecule has 166 valence electrons. The second kappa shape index (κ2) is 10.5. The molecule has 1 aliphatic heterocycles. The van der Waals surface area contributed by atoms with Crippen molar-refractivity contribution in [3.8, 4) is 5.75 Å². The fourth-order valence-electron chi connectivity index (χ4n) is 2.71. The van der Waals surface area contributed by atoms with E-state index in [1.807, 2.05) is 31.6 Å². The summed E-state index contributed by atoms with van der Waals surface area (Å²) in [5.41, 5.74) is 0.442. The fraction of sp³-hybridized carbons (Fsp3) is 0.550. The number of sulfone groups is 1. The predicted octanol–water partition coefficient (Wildman–Crippen LogP) is 2.14. The minimum absolute atomic E-state index is 0.279. The number of ether oxygens (including phenoxy) is 2. The summed E-state index contributed by atoms with van der Waals surface area (Å²) in [5, 5.41) is 11.6. The maximum Gasteiger partial charge on any atom is 0.293 e. The van der Waals surface area contributed by atoms with Crippen LogP contribution in [-0.2, 0) is 26.0 Å². The summed E-state index contributed by atoms with van der Waals surface area (Å²) >= 11 is 0. The van der Waals surface area contributed by atoms with Gasteiger partial charge < -0.3 is 14.8 Å². The highest BCUT2D eigenvalue weighted by molar-refractivity contribution is 7.90. The molecular formula is C20H30N4O5S. The van der Waals surface area contributed by atoms with Crippen LogP contribution in [0.5, 0.6) is 5.75 Å². The lowest BCUT2D eigenvalue weighted by atomic mass is 10.1. The van der Waals surface area contributed by atoms with Crippen molar-refractivity contribution in [1.82, 2.24) is 20.3 Å². The quantitative estimate of drug-likeness (QED) is 0.683. The predicted molar refractivity (Wildman–Crippen MR) is 112 cm³/mol. The number of hydrogen-bond donors (Lipinski definition) is 1. The van der Waals surface area contributed by atoms with Crippen LogP contribution in [0.25, 0.3) is 0 Å². The largest absolute Gasteiger partial charge is 0.487 e. The number of nitrogens with one attached hydrogen (secondary N) is 1. The highest BCUT2D eigenvalue weighted by Gasteiger charge is 2.16. The van der Waals surface area contributed by atoms with Gasteiger partial charge in [-0.1, -0.05) is 5.21 Å². The number of piperidine rings is 1. The third-order valence-corrected chi connectivity index (χ3v) is 5.41. The van der Waals surface area contributed by atoms with Crippen molar-refractivity contribution in [3.05, 3.63) is 36.2 Å². The van der Waals surface area contributed by atoms with Gasteiger partial charge in [-0.25, -0.2) is 13.1 Å². The van der Waals surface area contributed by atoms with E-state index in [0.29, 0.717) is 24.9 Å². The Morgan fingerprint density at radius 1 is 1.20 bits per heavy atom. The van der Waals surface area contributed by atoms with Crippen LogP contribution in [0, 0.1) is 0 Å². The Balaban J connectivity index is 0.000000396. The average molecular weight is 439 g/mol. The molecule has 1 saturated heterocycles. The van der Waals surface area contributed by atoms with E-state index in [4.69, 9.17) is 4.74 Å². The number of benzene rings is 1. The zero-order valence-electron chi connectivity index (χ0n) is 17.9. The van der Waals surface area contributed by atoms with Gasteiger partial charge in [-0.2, -0.15) is 0 Å². The summed E-state index contributed by atoms with van der Waals surface area (Å²) in [7, 11) is -3.18. The number of hydrogen-bond acceptors (Lipinski definition) is 8. The number of carbonyl (C=O) groups is 1. The number of carbonyl (C=O) groups excluding carboxylic acids is 1. The smallest absolute Gasteiger partial charge is 0.293 e. The van der Waals surface area contributed by atoms with Crippen molar-refractivity contribution in [2.45, 2.75) is 56.8 Å². The van der Waals surface area contributed by atoms with Gasteiger partial charge in [0.25, 0.3) is 6.47 Å². The van der Waals surface area contributed by atoms with Crippen LogP contribution >= 0.6 is 0 Å². The average Bonchev–Trinajstić information content (AvgIpc) is 3.15. The molecule has 1 fully saturated rings. The van der Waals surface area contributed by atoms with E-state index < -0.39 is 9.84 Å². The Kier molecular flexibility index (Phi) is 8.36. The Hall–Kier alpha value is -2.46. The van der Waals surface area contributed by atoms with Crippen molar-refractivity contribution < 1.29 is 22.7 Å². The van der Waals surface area contributed by atoms with Crippen molar-refractivity contribution in [3.63, 3.8) is 0 Å². The minimum Gasteiger partial charge on any atom is -0.487 e. The molecule has 2 aromatic rings. The van der Waals surface area contributed by atoms with Crippen molar-refractivity contribution >= 4 is 16.3 Å². The molecule has 0 aliphatic carbocycles. The Morgan fingerprint density at radius 3 is 2.33 bits per heavy atom. The van der Waals surface area contributed by atoms with Gasteiger partial charge in [-0.05, 0) is 71.0 Å². The lowest BCUT2D eigenvalue weighted by Gasteiger charge is -2.22. The maximum atomic E-state index is 11.4. The molecule has 1 aromatic carbocycles. The molecule has 0 amide bonds. The molecule has 0 saturated carbocycles. The van der Waals surface area contributed by atoms with Gasteiger partial charge >= 0.3 is 0 Å². The van der Waals surface area contributed by atoms with Gasteiger partial charge in [0, 0.05) is 6.26 Å². The summed E-state index contributed by atoms with van der Waals surface area (Å²) in [6, 6.07) is 6.76. The van der Waals surface area contributed by atoms with E-state index in [1.165, 1.54) is 18.4 Å². The third-order valence-electron chi connectivity index (χ3n) is 4.28. The molecule has 9 nitrogen and oxygen atoms in total. The van der Waals surface area contributed by atoms with Crippen molar-refractivity contribution in [2.75, 3.05) is 19.3 Å². The van der Waals surface area contributed by atoms with E-state index in [-0.39, 0.29) is 10.5 Å². The monoisotopic (exact) mass is 438 g/mol. The van der Waals surface area contributed by atoms with E-state index >= 15 is 0 Å². The van der Waals surface area contributed by atoms with Gasteiger partial charge in [0.1, 0.15) is 23.7 Å². The normalized spacial score (nSPS) is 15.1. The van der Waals surface area contributed by atoms with Crippen molar-refractivity contribution in [1.29, 1.82) is 0 Å². The van der Waals surface area contributed by atoms with Gasteiger partial charge in [0.15, 0.2) is 9.84 Å². The van der Waals surface area contributed by atoms with Crippen LogP contribution in [0.15, 0.2) is 35.4 Å². The van der Waals surface area contributed by atoms with Crippen LogP contribution in [0.3, 0.4) is 0 Å². The van der Waals surface area contributed by atoms with Crippen molar-refractivity contribution in [2.24, 2.45) is 0 Å². The first-order valence-corrected chi connectivity index (χ1v) is 11.6. The minimum atomic E-state index is -3.18. The maximum absolute atomic E-state index is 11.4. The molecule has 30 heavy (non-hydrogen) atoms. The zero-order valence-corrected chi connectivity index (χ0v) is 18.7. The molecule has 1 aromatic heterocycles. The highest BCUT2D eigenvalue weighted by Crippen LogP contribution is 2.19. The van der Waals surface area contributed by atoms with Crippen LogP contribution in [-0.4, -0.2) is 54.8 Å². The molecule has 1 N–H and O–H groups in total. The fourth-order valence-corrected chi connectivity index (χ4v) is 3.34. The topological polar surface area (TPSA) is 112 Å². The van der Waals surface area contributed by atoms with E-state index in [9.17, 15) is 13.2 Å². The molecular weight excluding hydrogens is 408 g/mol. The van der Waals surface area contributed by atoms with Gasteiger partial charge in [-0.15, -0.1) is 5.10 Å². The molecule has 0 spiro atoms. The first-order valence-electron chi connectivity index (χ1n) is 9.74. The number of rotatable bonds is 6. The molecule has 1 aliphatic rings. The van der Waals surface area contributed by atoms with Gasteiger partial charge in [0.05, 0.1) is 17.1 Å². The molecule has 10 heteroatoms. The molecule has 0 unspecified atom stereocenters. The molecule has 3 rings (SSSR count). The van der Waals surface area contributed by atoms with Crippen LogP contribution in [0.4, 0.5) is 0 Å². The first-order chi connectivity index (χ1) is 14.1. The Labute approximate surface area is 177 Å². The molecule has 0 radical (unpaired) electrons. The summed E-state index contributed by atoms with van der Waals surface area (Å²) in [6.45, 7) is 8.24. The third kappa shape index (κ3) is 8.11. The Morgan fingerprint density at radius 2 is 1.83 bits per heavy atom. The number of aromatic nitrogens is 3. The van der Waals surface area contributed by atoms with E-state index in [0.717, 1.165) is 31.6 Å².